The second kappa shape index (κ2) is 6.02. The van der Waals surface area contributed by atoms with E-state index in [4.69, 9.17) is 0 Å². The van der Waals surface area contributed by atoms with Crippen LogP contribution in [0, 0.1) is 6.92 Å². The third-order valence-corrected chi connectivity index (χ3v) is 3.87. The number of hydrogen-bond donors (Lipinski definition) is 0. The van der Waals surface area contributed by atoms with E-state index in [0.29, 0.717) is 0 Å². The Bertz CT molecular complexity index is 815. The first kappa shape index (κ1) is 14.3. The highest BCUT2D eigenvalue weighted by Crippen LogP contribution is 2.22. The lowest BCUT2D eigenvalue weighted by Gasteiger charge is -2.11. The third kappa shape index (κ3) is 2.86. The number of aromatic nitrogens is 1. The molecule has 0 bridgehead atoms. The van der Waals surface area contributed by atoms with E-state index in [2.05, 4.69) is 85.5 Å². The van der Waals surface area contributed by atoms with E-state index >= 15 is 0 Å². The molecular formula is C20H20N2. The average Bonchev–Trinajstić information content (AvgIpc) is 2.54. The van der Waals surface area contributed by atoms with Gasteiger partial charge in [-0.25, -0.2) is 0 Å². The van der Waals surface area contributed by atoms with Crippen molar-refractivity contribution in [1.29, 1.82) is 0 Å². The summed E-state index contributed by atoms with van der Waals surface area (Å²) in [5, 5.41) is 1.20. The van der Waals surface area contributed by atoms with Crippen LogP contribution in [0.4, 0.5) is 5.69 Å². The molecule has 0 aliphatic rings. The molecule has 0 fully saturated rings. The van der Waals surface area contributed by atoms with Crippen LogP contribution in [0.25, 0.3) is 23.1 Å². The number of hydrogen-bond acceptors (Lipinski definition) is 2. The number of aryl methyl sites for hydroxylation is 1. The molecule has 0 atom stereocenters. The third-order valence-electron chi connectivity index (χ3n) is 3.87. The number of anilines is 1. The van der Waals surface area contributed by atoms with Gasteiger partial charge in [0.15, 0.2) is 0 Å². The summed E-state index contributed by atoms with van der Waals surface area (Å²) in [6.45, 7) is 2.11. The Morgan fingerprint density at radius 2 is 1.64 bits per heavy atom. The number of fused-ring (bicyclic) bond motifs is 1. The van der Waals surface area contributed by atoms with Crippen molar-refractivity contribution < 1.29 is 0 Å². The van der Waals surface area contributed by atoms with Gasteiger partial charge < -0.3 is 4.90 Å². The van der Waals surface area contributed by atoms with E-state index in [1.165, 1.54) is 27.8 Å². The quantitative estimate of drug-likeness (QED) is 0.689. The van der Waals surface area contributed by atoms with Crippen LogP contribution >= 0.6 is 0 Å². The molecular weight excluding hydrogens is 268 g/mol. The molecule has 0 saturated heterocycles. The first-order chi connectivity index (χ1) is 10.6. The standard InChI is InChI=1S/C20H20N2/c1-15-14-21-20-7-5-4-6-19(20)18(15)13-10-16-8-11-17(12-9-16)22(2)3/h4-14H,1-3H3. The highest BCUT2D eigenvalue weighted by atomic mass is 15.1. The molecule has 0 saturated carbocycles. The second-order valence-corrected chi connectivity index (χ2v) is 5.69. The van der Waals surface area contributed by atoms with Crippen molar-refractivity contribution in [2.24, 2.45) is 0 Å². The van der Waals surface area contributed by atoms with Gasteiger partial charge in [0.1, 0.15) is 0 Å². The zero-order valence-electron chi connectivity index (χ0n) is 13.2. The van der Waals surface area contributed by atoms with Crippen LogP contribution < -0.4 is 4.90 Å². The van der Waals surface area contributed by atoms with E-state index in [9.17, 15) is 0 Å². The minimum absolute atomic E-state index is 1.04. The number of nitrogens with zero attached hydrogens (tertiary/aromatic N) is 2. The zero-order chi connectivity index (χ0) is 15.5. The van der Waals surface area contributed by atoms with Crippen molar-refractivity contribution in [2.45, 2.75) is 6.92 Å². The van der Waals surface area contributed by atoms with Gasteiger partial charge in [-0.2, -0.15) is 0 Å². The van der Waals surface area contributed by atoms with Crippen molar-refractivity contribution in [3.8, 4) is 0 Å². The molecule has 1 aromatic heterocycles. The summed E-state index contributed by atoms with van der Waals surface area (Å²) in [4.78, 5) is 6.59. The molecule has 2 nitrogen and oxygen atoms in total. The number of pyridine rings is 1. The van der Waals surface area contributed by atoms with Gasteiger partial charge in [-0.05, 0) is 41.8 Å². The molecule has 0 amide bonds. The van der Waals surface area contributed by atoms with Gasteiger partial charge in [0.25, 0.3) is 0 Å². The SMILES string of the molecule is Cc1cnc2ccccc2c1C=Cc1ccc(N(C)C)cc1. The van der Waals surface area contributed by atoms with E-state index in [1.807, 2.05) is 12.3 Å². The Morgan fingerprint density at radius 3 is 2.36 bits per heavy atom. The Balaban J connectivity index is 1.97. The Morgan fingerprint density at radius 1 is 0.909 bits per heavy atom. The lowest BCUT2D eigenvalue weighted by Crippen LogP contribution is -2.07. The minimum atomic E-state index is 1.04. The molecule has 22 heavy (non-hydrogen) atoms. The minimum Gasteiger partial charge on any atom is -0.378 e. The molecule has 0 aliphatic heterocycles. The molecule has 0 N–H and O–H groups in total. The summed E-state index contributed by atoms with van der Waals surface area (Å²) in [5.41, 5.74) is 5.88. The number of rotatable bonds is 3. The van der Waals surface area contributed by atoms with Crippen molar-refractivity contribution in [2.75, 3.05) is 19.0 Å². The van der Waals surface area contributed by atoms with Crippen molar-refractivity contribution in [3.05, 3.63) is 71.4 Å². The molecule has 0 spiro atoms. The van der Waals surface area contributed by atoms with Crippen LogP contribution in [-0.2, 0) is 0 Å². The van der Waals surface area contributed by atoms with Gasteiger partial charge in [-0.1, -0.05) is 42.5 Å². The largest absolute Gasteiger partial charge is 0.378 e. The summed E-state index contributed by atoms with van der Waals surface area (Å²) in [6.07, 6.45) is 6.29. The summed E-state index contributed by atoms with van der Waals surface area (Å²) in [7, 11) is 4.11. The fourth-order valence-corrected chi connectivity index (χ4v) is 2.55. The number of para-hydroxylation sites is 1. The van der Waals surface area contributed by atoms with E-state index in [-0.39, 0.29) is 0 Å². The smallest absolute Gasteiger partial charge is 0.0708 e. The van der Waals surface area contributed by atoms with Gasteiger partial charge >= 0.3 is 0 Å². The molecule has 1 heterocycles. The zero-order valence-corrected chi connectivity index (χ0v) is 13.2. The molecule has 0 unspecified atom stereocenters. The van der Waals surface area contributed by atoms with Crippen molar-refractivity contribution >= 4 is 28.7 Å². The van der Waals surface area contributed by atoms with Crippen LogP contribution in [0.15, 0.2) is 54.7 Å². The maximum atomic E-state index is 4.49. The monoisotopic (exact) mass is 288 g/mol. The lowest BCUT2D eigenvalue weighted by atomic mass is 10.0. The normalized spacial score (nSPS) is 11.2. The van der Waals surface area contributed by atoms with Gasteiger partial charge in [-0.3, -0.25) is 4.98 Å². The van der Waals surface area contributed by atoms with Crippen molar-refractivity contribution in [1.82, 2.24) is 4.98 Å². The van der Waals surface area contributed by atoms with Crippen LogP contribution in [0.3, 0.4) is 0 Å². The summed E-state index contributed by atoms with van der Waals surface area (Å²) in [6, 6.07) is 16.8. The summed E-state index contributed by atoms with van der Waals surface area (Å²) in [5.74, 6) is 0. The van der Waals surface area contributed by atoms with Gasteiger partial charge in [0.2, 0.25) is 0 Å². The van der Waals surface area contributed by atoms with Gasteiger partial charge in [0, 0.05) is 31.4 Å². The predicted molar refractivity (Wildman–Crippen MR) is 96.2 cm³/mol. The molecule has 110 valence electrons. The maximum absolute atomic E-state index is 4.49. The van der Waals surface area contributed by atoms with E-state index in [0.717, 1.165) is 5.52 Å². The first-order valence-electron chi connectivity index (χ1n) is 7.45. The average molecular weight is 288 g/mol. The highest BCUT2D eigenvalue weighted by molar-refractivity contribution is 5.91. The molecule has 3 aromatic rings. The molecule has 0 radical (unpaired) electrons. The Kier molecular flexibility index (Phi) is 3.92. The first-order valence-corrected chi connectivity index (χ1v) is 7.45. The van der Waals surface area contributed by atoms with Gasteiger partial charge in [0.05, 0.1) is 5.52 Å². The fraction of sp³-hybridized carbons (Fsp3) is 0.150. The van der Waals surface area contributed by atoms with E-state index in [1.54, 1.807) is 0 Å². The van der Waals surface area contributed by atoms with Crippen LogP contribution in [0.5, 0.6) is 0 Å². The Hall–Kier alpha value is -2.61. The number of benzene rings is 2. The molecule has 2 heteroatoms. The second-order valence-electron chi connectivity index (χ2n) is 5.69. The lowest BCUT2D eigenvalue weighted by molar-refractivity contribution is 1.13. The topological polar surface area (TPSA) is 16.1 Å². The molecule has 0 aliphatic carbocycles. The van der Waals surface area contributed by atoms with Crippen LogP contribution in [0.1, 0.15) is 16.7 Å². The molecule has 3 rings (SSSR count). The highest BCUT2D eigenvalue weighted by Gasteiger charge is 2.02. The van der Waals surface area contributed by atoms with Gasteiger partial charge in [-0.15, -0.1) is 0 Å². The predicted octanol–water partition coefficient (Wildman–Crippen LogP) is 4.78. The van der Waals surface area contributed by atoms with E-state index < -0.39 is 0 Å². The van der Waals surface area contributed by atoms with Crippen molar-refractivity contribution in [3.63, 3.8) is 0 Å². The summed E-state index contributed by atoms with van der Waals surface area (Å²) < 4.78 is 0. The fourth-order valence-electron chi connectivity index (χ4n) is 2.55. The summed E-state index contributed by atoms with van der Waals surface area (Å²) >= 11 is 0. The Labute approximate surface area is 131 Å². The molecule has 2 aromatic carbocycles. The van der Waals surface area contributed by atoms with Crippen LogP contribution in [-0.4, -0.2) is 19.1 Å². The maximum Gasteiger partial charge on any atom is 0.0708 e. The van der Waals surface area contributed by atoms with Crippen LogP contribution in [0.2, 0.25) is 0 Å².